The quantitative estimate of drug-likeness (QED) is 0.608. The highest BCUT2D eigenvalue weighted by Gasteiger charge is 2.31. The summed E-state index contributed by atoms with van der Waals surface area (Å²) in [4.78, 5) is 3.11. The molecule has 1 unspecified atom stereocenters. The number of halogens is 3. The summed E-state index contributed by atoms with van der Waals surface area (Å²) in [5.41, 5.74) is 3.15. The van der Waals surface area contributed by atoms with Gasteiger partial charge in [-0.15, -0.1) is 13.2 Å². The number of aromatic nitrogens is 1. The van der Waals surface area contributed by atoms with E-state index in [1.54, 1.807) is 6.07 Å². The maximum atomic E-state index is 12.3. The van der Waals surface area contributed by atoms with Crippen molar-refractivity contribution in [3.05, 3.63) is 48.5 Å². The van der Waals surface area contributed by atoms with Crippen LogP contribution in [-0.4, -0.2) is 27.9 Å². The lowest BCUT2D eigenvalue weighted by atomic mass is 10.1. The number of nitrogens with zero attached hydrogens (tertiary/aromatic N) is 1. The smallest absolute Gasteiger partial charge is 0.406 e. The molecule has 0 spiro atoms. The van der Waals surface area contributed by atoms with Gasteiger partial charge in [-0.05, 0) is 42.3 Å². The molecule has 4 nitrogen and oxygen atoms in total. The van der Waals surface area contributed by atoms with Gasteiger partial charge in [0.25, 0.3) is 0 Å². The Balaban J connectivity index is 0.00000109. The molecule has 1 saturated heterocycles. The third-order valence-electron chi connectivity index (χ3n) is 4.22. The summed E-state index contributed by atoms with van der Waals surface area (Å²) >= 11 is 0. The third kappa shape index (κ3) is 4.49. The number of fused-ring (bicyclic) bond motifs is 1. The van der Waals surface area contributed by atoms with Crippen molar-refractivity contribution in [3.8, 4) is 17.0 Å². The zero-order valence-corrected chi connectivity index (χ0v) is 16.4. The lowest BCUT2D eigenvalue weighted by molar-refractivity contribution is -0.274. The highest BCUT2D eigenvalue weighted by molar-refractivity contribution is 7.86. The molecule has 1 N–H and O–H groups in total. The number of aromatic amines is 1. The summed E-state index contributed by atoms with van der Waals surface area (Å²) in [5.74, 6) is 0.428. The molecule has 0 radical (unpaired) electrons. The minimum absolute atomic E-state index is 0.259. The number of rotatable bonds is 3. The predicted molar refractivity (Wildman–Crippen MR) is 107 cm³/mol. The van der Waals surface area contributed by atoms with Gasteiger partial charge in [0.05, 0.1) is 0 Å². The molecular formula is C20H21F3N2O2S. The zero-order chi connectivity index (χ0) is 20.3. The summed E-state index contributed by atoms with van der Waals surface area (Å²) in [6.45, 7) is 4.78. The number of ether oxygens (including phenoxy) is 1. The van der Waals surface area contributed by atoms with Gasteiger partial charge in [0.2, 0.25) is 0 Å². The SMILES string of the molecule is CC.O=S1CCCN1c1ccc(-c2cc3ccc(OC(F)(F)F)cc3[nH]2)cc1. The van der Waals surface area contributed by atoms with Crippen LogP contribution in [-0.2, 0) is 11.0 Å². The average molecular weight is 410 g/mol. The Kier molecular flexibility index (Phi) is 5.98. The van der Waals surface area contributed by atoms with Crippen LogP contribution < -0.4 is 9.04 Å². The molecule has 1 atom stereocenters. The van der Waals surface area contributed by atoms with E-state index in [0.29, 0.717) is 11.3 Å². The van der Waals surface area contributed by atoms with Crippen molar-refractivity contribution in [1.29, 1.82) is 0 Å². The van der Waals surface area contributed by atoms with Crippen molar-refractivity contribution in [3.63, 3.8) is 0 Å². The fourth-order valence-corrected chi connectivity index (χ4v) is 4.34. The Labute approximate surface area is 163 Å². The van der Waals surface area contributed by atoms with Crippen molar-refractivity contribution in [2.45, 2.75) is 26.6 Å². The van der Waals surface area contributed by atoms with Gasteiger partial charge in [0, 0.05) is 40.6 Å². The molecule has 0 bridgehead atoms. The van der Waals surface area contributed by atoms with E-state index in [0.717, 1.165) is 35.3 Å². The second-order valence-corrected chi connectivity index (χ2v) is 7.50. The molecule has 1 aliphatic rings. The molecule has 28 heavy (non-hydrogen) atoms. The monoisotopic (exact) mass is 410 g/mol. The van der Waals surface area contributed by atoms with Crippen LogP contribution in [0.5, 0.6) is 5.75 Å². The number of alkyl halides is 3. The predicted octanol–water partition coefficient (Wildman–Crippen LogP) is 5.63. The summed E-state index contributed by atoms with van der Waals surface area (Å²) in [6, 6.07) is 13.7. The minimum atomic E-state index is -4.71. The lowest BCUT2D eigenvalue weighted by Gasteiger charge is -2.15. The maximum absolute atomic E-state index is 12.3. The number of H-pyrrole nitrogens is 1. The van der Waals surface area contributed by atoms with Crippen LogP contribution in [0.15, 0.2) is 48.5 Å². The first kappa shape index (κ1) is 20.3. The molecule has 150 valence electrons. The van der Waals surface area contributed by atoms with Crippen LogP contribution in [0.2, 0.25) is 0 Å². The Morgan fingerprint density at radius 2 is 1.79 bits per heavy atom. The van der Waals surface area contributed by atoms with Gasteiger partial charge >= 0.3 is 6.36 Å². The van der Waals surface area contributed by atoms with E-state index in [2.05, 4.69) is 9.72 Å². The van der Waals surface area contributed by atoms with Crippen molar-refractivity contribution >= 4 is 27.6 Å². The summed E-state index contributed by atoms with van der Waals surface area (Å²) in [7, 11) is -0.967. The lowest BCUT2D eigenvalue weighted by Crippen LogP contribution is -2.19. The Bertz CT molecular complexity index is 968. The van der Waals surface area contributed by atoms with Crippen LogP contribution in [0.3, 0.4) is 0 Å². The van der Waals surface area contributed by atoms with E-state index in [1.165, 1.54) is 12.1 Å². The molecule has 1 fully saturated rings. The van der Waals surface area contributed by atoms with Gasteiger partial charge < -0.3 is 9.72 Å². The van der Waals surface area contributed by atoms with E-state index >= 15 is 0 Å². The molecule has 2 aromatic carbocycles. The van der Waals surface area contributed by atoms with Crippen LogP contribution >= 0.6 is 0 Å². The van der Waals surface area contributed by atoms with Crippen molar-refractivity contribution in [2.75, 3.05) is 16.6 Å². The average Bonchev–Trinajstić information content (AvgIpc) is 3.28. The molecule has 0 saturated carbocycles. The van der Waals surface area contributed by atoms with Gasteiger partial charge in [-0.2, -0.15) is 0 Å². The summed E-state index contributed by atoms with van der Waals surface area (Å²) in [6.07, 6.45) is -3.80. The molecule has 1 aromatic heterocycles. The normalized spacial score (nSPS) is 16.8. The summed E-state index contributed by atoms with van der Waals surface area (Å²) < 4.78 is 54.8. The maximum Gasteiger partial charge on any atom is 0.573 e. The Hall–Kier alpha value is -2.48. The van der Waals surface area contributed by atoms with E-state index in [4.69, 9.17) is 0 Å². The molecule has 8 heteroatoms. The van der Waals surface area contributed by atoms with Gasteiger partial charge in [0.15, 0.2) is 0 Å². The highest BCUT2D eigenvalue weighted by atomic mass is 32.2. The second kappa shape index (κ2) is 8.26. The number of hydrogen-bond acceptors (Lipinski definition) is 2. The number of anilines is 1. The van der Waals surface area contributed by atoms with E-state index in [9.17, 15) is 17.4 Å². The number of nitrogens with one attached hydrogen (secondary N) is 1. The van der Waals surface area contributed by atoms with E-state index < -0.39 is 17.3 Å². The van der Waals surface area contributed by atoms with E-state index in [-0.39, 0.29) is 5.75 Å². The van der Waals surface area contributed by atoms with Crippen molar-refractivity contribution < 1.29 is 22.1 Å². The largest absolute Gasteiger partial charge is 0.573 e. The minimum Gasteiger partial charge on any atom is -0.406 e. The number of hydrogen-bond donors (Lipinski definition) is 1. The van der Waals surface area contributed by atoms with Gasteiger partial charge in [-0.1, -0.05) is 26.0 Å². The molecular weight excluding hydrogens is 389 g/mol. The molecule has 3 aromatic rings. The molecule has 4 rings (SSSR count). The first-order chi connectivity index (χ1) is 13.4. The molecule has 0 aliphatic carbocycles. The Morgan fingerprint density at radius 1 is 1.07 bits per heavy atom. The topological polar surface area (TPSA) is 45.3 Å². The van der Waals surface area contributed by atoms with Crippen molar-refractivity contribution in [2.24, 2.45) is 0 Å². The zero-order valence-electron chi connectivity index (χ0n) is 15.5. The standard InChI is InChI=1S/C18H15F3N2O2S.C2H6/c19-18(20,21)25-15-7-4-13-10-16(22-17(13)11-15)12-2-5-14(6-3-12)23-8-1-9-26(23)24;1-2/h2-7,10-11,22H,1,8-9H2;1-2H3. The van der Waals surface area contributed by atoms with Gasteiger partial charge in [0.1, 0.15) is 16.7 Å². The van der Waals surface area contributed by atoms with Crippen LogP contribution in [0.25, 0.3) is 22.2 Å². The first-order valence-corrected chi connectivity index (χ1v) is 10.3. The first-order valence-electron chi connectivity index (χ1n) is 9.04. The summed E-state index contributed by atoms with van der Waals surface area (Å²) in [5, 5.41) is 0.791. The number of benzene rings is 2. The second-order valence-electron chi connectivity index (χ2n) is 6.01. The highest BCUT2D eigenvalue weighted by Crippen LogP contribution is 2.31. The third-order valence-corrected chi connectivity index (χ3v) is 5.74. The van der Waals surface area contributed by atoms with Crippen LogP contribution in [0, 0.1) is 0 Å². The fraction of sp³-hybridized carbons (Fsp3) is 0.300. The van der Waals surface area contributed by atoms with Crippen LogP contribution in [0.1, 0.15) is 20.3 Å². The van der Waals surface area contributed by atoms with Gasteiger partial charge in [-0.25, -0.2) is 4.21 Å². The van der Waals surface area contributed by atoms with E-state index in [1.807, 2.05) is 48.5 Å². The molecule has 1 aliphatic heterocycles. The molecule has 0 amide bonds. The van der Waals surface area contributed by atoms with Gasteiger partial charge in [-0.3, -0.25) is 4.31 Å². The van der Waals surface area contributed by atoms with Crippen LogP contribution in [0.4, 0.5) is 18.9 Å². The van der Waals surface area contributed by atoms with Crippen molar-refractivity contribution in [1.82, 2.24) is 4.98 Å². The molecule has 2 heterocycles. The Morgan fingerprint density at radius 3 is 2.39 bits per heavy atom. The fourth-order valence-electron chi connectivity index (χ4n) is 3.06.